The standard InChI is InChI=1S/C18H11ClF3N3O/c19-14-3-1-2-12-15-13(8-9-23-15)17(25-16(12)14)24-10-4-6-11(7-5-10)26-18(20,21)22/h1-9,23H,(H,24,25). The molecule has 4 rings (SSSR count). The maximum absolute atomic E-state index is 12.3. The van der Waals surface area contributed by atoms with Crippen LogP contribution in [0.25, 0.3) is 21.8 Å². The van der Waals surface area contributed by atoms with Gasteiger partial charge in [0.1, 0.15) is 11.6 Å². The number of benzene rings is 2. The van der Waals surface area contributed by atoms with Gasteiger partial charge in [0.25, 0.3) is 0 Å². The molecule has 4 nitrogen and oxygen atoms in total. The lowest BCUT2D eigenvalue weighted by molar-refractivity contribution is -0.274. The Morgan fingerprint density at radius 2 is 1.77 bits per heavy atom. The van der Waals surface area contributed by atoms with E-state index in [0.29, 0.717) is 22.0 Å². The van der Waals surface area contributed by atoms with Crippen molar-refractivity contribution in [2.24, 2.45) is 0 Å². The molecule has 0 amide bonds. The summed E-state index contributed by atoms with van der Waals surface area (Å²) in [6.07, 6.45) is -2.93. The molecule has 4 aromatic rings. The molecule has 26 heavy (non-hydrogen) atoms. The molecule has 0 spiro atoms. The number of pyridine rings is 1. The van der Waals surface area contributed by atoms with Crippen LogP contribution < -0.4 is 10.1 Å². The van der Waals surface area contributed by atoms with Gasteiger partial charge < -0.3 is 15.0 Å². The fourth-order valence-electron chi connectivity index (χ4n) is 2.76. The summed E-state index contributed by atoms with van der Waals surface area (Å²) in [4.78, 5) is 7.75. The second kappa shape index (κ2) is 6.10. The van der Waals surface area contributed by atoms with Crippen molar-refractivity contribution >= 4 is 44.9 Å². The largest absolute Gasteiger partial charge is 0.573 e. The van der Waals surface area contributed by atoms with Crippen LogP contribution in [0.15, 0.2) is 54.7 Å². The van der Waals surface area contributed by atoms with E-state index >= 15 is 0 Å². The summed E-state index contributed by atoms with van der Waals surface area (Å²) in [7, 11) is 0. The number of halogens is 4. The zero-order valence-corrected chi connectivity index (χ0v) is 13.8. The number of nitrogens with one attached hydrogen (secondary N) is 2. The number of rotatable bonds is 3. The van der Waals surface area contributed by atoms with Crippen molar-refractivity contribution in [3.63, 3.8) is 0 Å². The first-order valence-electron chi connectivity index (χ1n) is 7.59. The van der Waals surface area contributed by atoms with Gasteiger partial charge in [0.05, 0.1) is 16.1 Å². The molecule has 132 valence electrons. The lowest BCUT2D eigenvalue weighted by atomic mass is 10.1. The SMILES string of the molecule is FC(F)(F)Oc1ccc(Nc2nc3c(Cl)cccc3c3[nH]ccc23)cc1. The molecule has 2 aromatic heterocycles. The lowest BCUT2D eigenvalue weighted by Crippen LogP contribution is -2.16. The van der Waals surface area contributed by atoms with E-state index in [1.807, 2.05) is 18.2 Å². The predicted octanol–water partition coefficient (Wildman–Crippen LogP) is 6.01. The second-order valence-electron chi connectivity index (χ2n) is 5.56. The average molecular weight is 378 g/mol. The molecule has 2 heterocycles. The van der Waals surface area contributed by atoms with Crippen molar-refractivity contribution < 1.29 is 17.9 Å². The van der Waals surface area contributed by atoms with Crippen molar-refractivity contribution in [1.82, 2.24) is 9.97 Å². The number of nitrogens with zero attached hydrogens (tertiary/aromatic N) is 1. The Bertz CT molecular complexity index is 1090. The van der Waals surface area contributed by atoms with E-state index in [1.165, 1.54) is 24.3 Å². The monoisotopic (exact) mass is 377 g/mol. The first-order chi connectivity index (χ1) is 12.4. The van der Waals surface area contributed by atoms with Gasteiger partial charge >= 0.3 is 6.36 Å². The minimum atomic E-state index is -4.72. The molecule has 2 aromatic carbocycles. The number of hydrogen-bond donors (Lipinski definition) is 2. The van der Waals surface area contributed by atoms with Crippen molar-refractivity contribution in [2.75, 3.05) is 5.32 Å². The number of hydrogen-bond acceptors (Lipinski definition) is 3. The van der Waals surface area contributed by atoms with Crippen molar-refractivity contribution in [3.8, 4) is 5.75 Å². The van der Waals surface area contributed by atoms with Gasteiger partial charge in [0.15, 0.2) is 0 Å². The Balaban J connectivity index is 1.72. The number of aromatic nitrogens is 2. The Morgan fingerprint density at radius 3 is 2.50 bits per heavy atom. The Kier molecular flexibility index (Phi) is 3.88. The molecule has 0 unspecified atom stereocenters. The van der Waals surface area contributed by atoms with E-state index in [4.69, 9.17) is 11.6 Å². The van der Waals surface area contributed by atoms with Gasteiger partial charge in [-0.25, -0.2) is 4.98 Å². The Morgan fingerprint density at radius 1 is 1.00 bits per heavy atom. The molecule has 0 saturated heterocycles. The van der Waals surface area contributed by atoms with Gasteiger partial charge in [0, 0.05) is 22.7 Å². The first kappa shape index (κ1) is 16.5. The smallest absolute Gasteiger partial charge is 0.406 e. The fourth-order valence-corrected chi connectivity index (χ4v) is 2.98. The lowest BCUT2D eigenvalue weighted by Gasteiger charge is -2.12. The molecule has 0 saturated carbocycles. The zero-order valence-electron chi connectivity index (χ0n) is 13.1. The van der Waals surface area contributed by atoms with Gasteiger partial charge in [-0.1, -0.05) is 23.7 Å². The van der Waals surface area contributed by atoms with Crippen molar-refractivity contribution in [3.05, 3.63) is 59.8 Å². The summed E-state index contributed by atoms with van der Waals surface area (Å²) in [5.74, 6) is 0.260. The summed E-state index contributed by atoms with van der Waals surface area (Å²) in [6, 6.07) is 12.8. The predicted molar refractivity (Wildman–Crippen MR) is 95.0 cm³/mol. The summed E-state index contributed by atoms with van der Waals surface area (Å²) in [6.45, 7) is 0. The van der Waals surface area contributed by atoms with Crippen LogP contribution in [0, 0.1) is 0 Å². The van der Waals surface area contributed by atoms with Crippen LogP contribution in [0.3, 0.4) is 0 Å². The van der Waals surface area contributed by atoms with E-state index in [1.54, 1.807) is 12.3 Å². The zero-order chi connectivity index (χ0) is 18.3. The molecular formula is C18H11ClF3N3O. The third-order valence-electron chi connectivity index (χ3n) is 3.83. The van der Waals surface area contributed by atoms with Gasteiger partial charge in [-0.2, -0.15) is 0 Å². The maximum atomic E-state index is 12.3. The molecule has 2 N–H and O–H groups in total. The van der Waals surface area contributed by atoms with Crippen molar-refractivity contribution in [1.29, 1.82) is 0 Å². The average Bonchev–Trinajstić information content (AvgIpc) is 3.07. The quantitative estimate of drug-likeness (QED) is 0.459. The van der Waals surface area contributed by atoms with Crippen LogP contribution in [-0.4, -0.2) is 16.3 Å². The highest BCUT2D eigenvalue weighted by Gasteiger charge is 2.30. The van der Waals surface area contributed by atoms with E-state index in [0.717, 1.165) is 16.3 Å². The third-order valence-corrected chi connectivity index (χ3v) is 4.14. The number of aromatic amines is 1. The normalized spacial score (nSPS) is 11.8. The molecule has 0 atom stereocenters. The Hall–Kier alpha value is -2.93. The molecule has 8 heteroatoms. The number of ether oxygens (including phenoxy) is 1. The summed E-state index contributed by atoms with van der Waals surface area (Å²) >= 11 is 6.25. The van der Waals surface area contributed by atoms with Gasteiger partial charge in [-0.15, -0.1) is 13.2 Å². The molecule has 0 bridgehead atoms. The van der Waals surface area contributed by atoms with Crippen LogP contribution in [0.5, 0.6) is 5.75 Å². The number of fused-ring (bicyclic) bond motifs is 3. The number of para-hydroxylation sites is 1. The topological polar surface area (TPSA) is 49.9 Å². The highest BCUT2D eigenvalue weighted by atomic mass is 35.5. The molecular weight excluding hydrogens is 367 g/mol. The van der Waals surface area contributed by atoms with Crippen molar-refractivity contribution in [2.45, 2.75) is 6.36 Å². The van der Waals surface area contributed by atoms with Gasteiger partial charge in [-0.3, -0.25) is 0 Å². The van der Waals surface area contributed by atoms with Gasteiger partial charge in [0.2, 0.25) is 0 Å². The number of anilines is 2. The summed E-state index contributed by atoms with van der Waals surface area (Å²) < 4.78 is 40.6. The fraction of sp³-hybridized carbons (Fsp3) is 0.0556. The molecule has 0 aliphatic heterocycles. The highest BCUT2D eigenvalue weighted by molar-refractivity contribution is 6.36. The van der Waals surface area contributed by atoms with Crippen LogP contribution in [-0.2, 0) is 0 Å². The minimum absolute atomic E-state index is 0.288. The molecule has 0 radical (unpaired) electrons. The molecule has 0 fully saturated rings. The second-order valence-corrected chi connectivity index (χ2v) is 5.97. The number of alkyl halides is 3. The van der Waals surface area contributed by atoms with E-state index in [2.05, 4.69) is 20.0 Å². The van der Waals surface area contributed by atoms with Crippen LogP contribution in [0.4, 0.5) is 24.7 Å². The molecule has 0 aliphatic carbocycles. The molecule has 0 aliphatic rings. The van der Waals surface area contributed by atoms with E-state index < -0.39 is 6.36 Å². The summed E-state index contributed by atoms with van der Waals surface area (Å²) in [5.41, 5.74) is 2.07. The van der Waals surface area contributed by atoms with E-state index in [9.17, 15) is 13.2 Å². The highest BCUT2D eigenvalue weighted by Crippen LogP contribution is 2.33. The van der Waals surface area contributed by atoms with Gasteiger partial charge in [-0.05, 0) is 36.4 Å². The van der Waals surface area contributed by atoms with Crippen LogP contribution in [0.1, 0.15) is 0 Å². The third kappa shape index (κ3) is 3.13. The maximum Gasteiger partial charge on any atom is 0.573 e. The van der Waals surface area contributed by atoms with Crippen LogP contribution >= 0.6 is 11.6 Å². The number of H-pyrrole nitrogens is 1. The minimum Gasteiger partial charge on any atom is -0.406 e. The van der Waals surface area contributed by atoms with Crippen LogP contribution in [0.2, 0.25) is 5.02 Å². The first-order valence-corrected chi connectivity index (χ1v) is 7.97. The summed E-state index contributed by atoms with van der Waals surface area (Å²) in [5, 5.41) is 5.36. The van der Waals surface area contributed by atoms with E-state index in [-0.39, 0.29) is 5.75 Å². The Labute approximate surface area is 150 Å².